The number of nitrogens with zero attached hydrogens (tertiary/aromatic N) is 2. The van der Waals surface area contributed by atoms with Gasteiger partial charge < -0.3 is 5.11 Å². The Labute approximate surface area is 119 Å². The van der Waals surface area contributed by atoms with Gasteiger partial charge in [0.05, 0.1) is 21.3 Å². The van der Waals surface area contributed by atoms with E-state index in [1.807, 2.05) is 41.9 Å². The van der Waals surface area contributed by atoms with Crippen LogP contribution in [0.4, 0.5) is 0 Å². The highest BCUT2D eigenvalue weighted by Crippen LogP contribution is 2.32. The summed E-state index contributed by atoms with van der Waals surface area (Å²) in [4.78, 5) is 0.722. The summed E-state index contributed by atoms with van der Waals surface area (Å²) in [6.07, 6.45) is 1.05. The zero-order valence-electron chi connectivity index (χ0n) is 9.90. The van der Waals surface area contributed by atoms with Crippen LogP contribution in [0.15, 0.2) is 54.0 Å². The first kappa shape index (κ1) is 12.4. The number of halogens is 1. The predicted molar refractivity (Wildman–Crippen MR) is 77.0 cm³/mol. The fraction of sp³-hybridized carbons (Fsp3) is 0.0714. The van der Waals surface area contributed by atoms with Crippen LogP contribution in [0.5, 0.6) is 0 Å². The second-order valence-electron chi connectivity index (χ2n) is 4.06. The van der Waals surface area contributed by atoms with Gasteiger partial charge in [0.15, 0.2) is 0 Å². The van der Waals surface area contributed by atoms with Gasteiger partial charge in [-0.3, -0.25) is 0 Å². The van der Waals surface area contributed by atoms with E-state index in [1.54, 1.807) is 16.8 Å². The summed E-state index contributed by atoms with van der Waals surface area (Å²) in [6, 6.07) is 13.3. The van der Waals surface area contributed by atoms with Crippen LogP contribution >= 0.6 is 22.9 Å². The van der Waals surface area contributed by atoms with Gasteiger partial charge in [0.2, 0.25) is 0 Å². The number of aliphatic hydroxyl groups is 1. The summed E-state index contributed by atoms with van der Waals surface area (Å²) in [5.74, 6) is 0. The van der Waals surface area contributed by atoms with E-state index in [4.69, 9.17) is 11.6 Å². The van der Waals surface area contributed by atoms with Crippen LogP contribution in [0.3, 0.4) is 0 Å². The molecule has 0 fully saturated rings. The third-order valence-corrected chi connectivity index (χ3v) is 4.21. The Morgan fingerprint density at radius 2 is 1.95 bits per heavy atom. The topological polar surface area (TPSA) is 38.0 Å². The number of thiophene rings is 1. The molecule has 0 saturated carbocycles. The first-order valence-electron chi connectivity index (χ1n) is 5.77. The molecule has 0 aliphatic heterocycles. The number of aliphatic hydroxyl groups excluding tert-OH is 1. The van der Waals surface area contributed by atoms with E-state index in [1.165, 1.54) is 11.3 Å². The van der Waals surface area contributed by atoms with Crippen molar-refractivity contribution in [2.75, 3.05) is 0 Å². The summed E-state index contributed by atoms with van der Waals surface area (Å²) in [5.41, 5.74) is 1.55. The molecule has 1 unspecified atom stereocenters. The molecule has 1 atom stereocenters. The van der Waals surface area contributed by atoms with Crippen LogP contribution in [0, 0.1) is 0 Å². The molecule has 5 heteroatoms. The van der Waals surface area contributed by atoms with E-state index >= 15 is 0 Å². The molecule has 3 nitrogen and oxygen atoms in total. The van der Waals surface area contributed by atoms with Crippen molar-refractivity contribution < 1.29 is 5.11 Å². The van der Waals surface area contributed by atoms with E-state index in [9.17, 15) is 5.11 Å². The average molecular weight is 291 g/mol. The number of para-hydroxylation sites is 1. The van der Waals surface area contributed by atoms with Crippen molar-refractivity contribution in [1.29, 1.82) is 0 Å². The van der Waals surface area contributed by atoms with E-state index < -0.39 is 6.10 Å². The predicted octanol–water partition coefficient (Wildman–Crippen LogP) is 3.67. The van der Waals surface area contributed by atoms with Gasteiger partial charge in [-0.25, -0.2) is 4.68 Å². The molecule has 0 bridgehead atoms. The minimum atomic E-state index is -0.780. The lowest BCUT2D eigenvalue weighted by Gasteiger charge is -2.06. The summed E-state index contributed by atoms with van der Waals surface area (Å²) in [6.45, 7) is 0. The Morgan fingerprint density at radius 1 is 1.16 bits per heavy atom. The van der Waals surface area contributed by atoms with Crippen molar-refractivity contribution >= 4 is 22.9 Å². The normalized spacial score (nSPS) is 12.5. The molecule has 0 radical (unpaired) electrons. The van der Waals surface area contributed by atoms with E-state index in [-0.39, 0.29) is 0 Å². The Hall–Kier alpha value is -1.62. The molecule has 3 rings (SSSR count). The van der Waals surface area contributed by atoms with Gasteiger partial charge in [0.1, 0.15) is 6.10 Å². The van der Waals surface area contributed by atoms with Crippen molar-refractivity contribution in [3.63, 3.8) is 0 Å². The fourth-order valence-electron chi connectivity index (χ4n) is 1.84. The fourth-order valence-corrected chi connectivity index (χ4v) is 3.00. The van der Waals surface area contributed by atoms with Crippen molar-refractivity contribution in [3.05, 3.63) is 69.6 Å². The Bertz CT molecular complexity index is 678. The van der Waals surface area contributed by atoms with Gasteiger partial charge in [0.25, 0.3) is 0 Å². The molecule has 0 aliphatic carbocycles. The van der Waals surface area contributed by atoms with Crippen molar-refractivity contribution in [2.45, 2.75) is 6.10 Å². The monoisotopic (exact) mass is 290 g/mol. The molecule has 96 valence electrons. The van der Waals surface area contributed by atoms with E-state index in [0.717, 1.165) is 10.6 Å². The number of rotatable bonds is 3. The maximum atomic E-state index is 10.3. The zero-order chi connectivity index (χ0) is 13.2. The first-order chi connectivity index (χ1) is 9.25. The van der Waals surface area contributed by atoms with Gasteiger partial charge in [-0.2, -0.15) is 5.10 Å². The molecular formula is C14H11ClN2OS. The highest BCUT2D eigenvalue weighted by molar-refractivity contribution is 7.10. The van der Waals surface area contributed by atoms with Crippen LogP contribution in [-0.2, 0) is 0 Å². The van der Waals surface area contributed by atoms with Crippen molar-refractivity contribution in [1.82, 2.24) is 9.78 Å². The summed E-state index contributed by atoms with van der Waals surface area (Å²) in [5, 5.41) is 17.1. The number of aromatic nitrogens is 2. The minimum Gasteiger partial charge on any atom is -0.381 e. The largest absolute Gasteiger partial charge is 0.381 e. The molecular weight excluding hydrogens is 280 g/mol. The third-order valence-electron chi connectivity index (χ3n) is 2.80. The summed E-state index contributed by atoms with van der Waals surface area (Å²) >= 11 is 7.45. The van der Waals surface area contributed by atoms with Gasteiger partial charge in [0, 0.05) is 6.20 Å². The lowest BCUT2D eigenvalue weighted by Crippen LogP contribution is -2.01. The molecule has 0 amide bonds. The maximum Gasteiger partial charge on any atom is 0.133 e. The molecule has 1 N–H and O–H groups in total. The lowest BCUT2D eigenvalue weighted by molar-refractivity contribution is 0.218. The smallest absolute Gasteiger partial charge is 0.133 e. The molecule has 3 aromatic rings. The average Bonchev–Trinajstić information content (AvgIpc) is 3.08. The second-order valence-corrected chi connectivity index (χ2v) is 5.41. The number of hydrogen-bond donors (Lipinski definition) is 1. The van der Waals surface area contributed by atoms with Gasteiger partial charge in [-0.1, -0.05) is 29.8 Å². The minimum absolute atomic E-state index is 0.576. The zero-order valence-corrected chi connectivity index (χ0v) is 11.5. The quantitative estimate of drug-likeness (QED) is 0.799. The Kier molecular flexibility index (Phi) is 3.38. The van der Waals surface area contributed by atoms with Crippen molar-refractivity contribution in [3.8, 4) is 5.69 Å². The number of hydrogen-bond acceptors (Lipinski definition) is 3. The van der Waals surface area contributed by atoms with Crippen LogP contribution in [0.25, 0.3) is 5.69 Å². The van der Waals surface area contributed by atoms with Gasteiger partial charge in [-0.05, 0) is 29.6 Å². The highest BCUT2D eigenvalue weighted by atomic mass is 35.5. The van der Waals surface area contributed by atoms with E-state index in [2.05, 4.69) is 5.10 Å². The second kappa shape index (κ2) is 5.17. The molecule has 0 spiro atoms. The Morgan fingerprint density at radius 3 is 2.63 bits per heavy atom. The van der Waals surface area contributed by atoms with Crippen LogP contribution in [0.2, 0.25) is 5.02 Å². The van der Waals surface area contributed by atoms with Crippen LogP contribution in [0.1, 0.15) is 16.7 Å². The van der Waals surface area contributed by atoms with Crippen LogP contribution in [-0.4, -0.2) is 14.9 Å². The third kappa shape index (κ3) is 2.42. The summed E-state index contributed by atoms with van der Waals surface area (Å²) < 4.78 is 1.74. The molecule has 2 heterocycles. The highest BCUT2D eigenvalue weighted by Gasteiger charge is 2.18. The maximum absolute atomic E-state index is 10.3. The van der Waals surface area contributed by atoms with Gasteiger partial charge >= 0.3 is 0 Å². The lowest BCUT2D eigenvalue weighted by atomic mass is 10.2. The van der Waals surface area contributed by atoms with Crippen LogP contribution < -0.4 is 0 Å². The van der Waals surface area contributed by atoms with E-state index in [0.29, 0.717) is 10.7 Å². The molecule has 19 heavy (non-hydrogen) atoms. The van der Waals surface area contributed by atoms with Crippen molar-refractivity contribution in [2.24, 2.45) is 0 Å². The van der Waals surface area contributed by atoms with Gasteiger partial charge in [-0.15, -0.1) is 11.3 Å². The number of benzene rings is 1. The molecule has 0 saturated heterocycles. The molecule has 2 aromatic heterocycles. The SMILES string of the molecule is OC(c1ccn(-c2ccccc2)n1)c1sccc1Cl. The summed E-state index contributed by atoms with van der Waals surface area (Å²) in [7, 11) is 0. The Balaban J connectivity index is 1.92. The molecule has 1 aromatic carbocycles. The standard InChI is InChI=1S/C14H11ClN2OS/c15-11-7-9-19-14(11)13(18)12-6-8-17(16-12)10-4-2-1-3-5-10/h1-9,13,18H. The first-order valence-corrected chi connectivity index (χ1v) is 7.03. The molecule has 0 aliphatic rings.